The van der Waals surface area contributed by atoms with Crippen molar-refractivity contribution in [1.29, 1.82) is 0 Å². The first-order valence-electron chi connectivity index (χ1n) is 4.94. The molecule has 15 heavy (non-hydrogen) atoms. The summed E-state index contributed by atoms with van der Waals surface area (Å²) in [5.74, 6) is 0. The number of aliphatic hydroxyl groups excluding tert-OH is 1. The van der Waals surface area contributed by atoms with Gasteiger partial charge in [-0.25, -0.2) is 0 Å². The summed E-state index contributed by atoms with van der Waals surface area (Å²) in [5, 5.41) is 14.0. The third kappa shape index (κ3) is 3.08. The number of halogens is 2. The lowest BCUT2D eigenvalue weighted by Gasteiger charge is -2.18. The molecular weight excluding hydrogens is 233 g/mol. The Balaban J connectivity index is 0.00000112. The van der Waals surface area contributed by atoms with Crippen molar-refractivity contribution in [2.24, 2.45) is 0 Å². The first kappa shape index (κ1) is 12.8. The van der Waals surface area contributed by atoms with Gasteiger partial charge in [0, 0.05) is 11.1 Å². The fourth-order valence-electron chi connectivity index (χ4n) is 1.87. The van der Waals surface area contributed by atoms with Gasteiger partial charge in [0.15, 0.2) is 0 Å². The third-order valence-electron chi connectivity index (χ3n) is 2.69. The minimum Gasteiger partial charge on any atom is -0.387 e. The number of benzene rings is 1. The standard InChI is InChI=1S/C11H14ClNO.ClH/c12-9-5-3-8(4-6-9)11(14)10-2-1-7-13-10;/h3-6,10-11,13-14H,1-2,7H2;1H/t10-,11-;/m0./s1. The van der Waals surface area contributed by atoms with Gasteiger partial charge in [0.05, 0.1) is 6.10 Å². The Morgan fingerprint density at radius 2 is 2.00 bits per heavy atom. The first-order chi connectivity index (χ1) is 6.77. The lowest BCUT2D eigenvalue weighted by molar-refractivity contribution is 0.137. The fraction of sp³-hybridized carbons (Fsp3) is 0.455. The molecule has 1 saturated heterocycles. The molecule has 84 valence electrons. The Morgan fingerprint density at radius 1 is 1.33 bits per heavy atom. The highest BCUT2D eigenvalue weighted by atomic mass is 35.5. The smallest absolute Gasteiger partial charge is 0.0942 e. The predicted octanol–water partition coefficient (Wildman–Crippen LogP) is 2.55. The monoisotopic (exact) mass is 247 g/mol. The molecule has 0 saturated carbocycles. The van der Waals surface area contributed by atoms with Crippen molar-refractivity contribution in [3.8, 4) is 0 Å². The van der Waals surface area contributed by atoms with E-state index < -0.39 is 6.10 Å². The molecule has 1 aromatic rings. The van der Waals surface area contributed by atoms with Gasteiger partial charge in [-0.2, -0.15) is 0 Å². The summed E-state index contributed by atoms with van der Waals surface area (Å²) in [4.78, 5) is 0. The van der Waals surface area contributed by atoms with Crippen LogP contribution in [0.1, 0.15) is 24.5 Å². The highest BCUT2D eigenvalue weighted by molar-refractivity contribution is 6.30. The first-order valence-corrected chi connectivity index (χ1v) is 5.32. The van der Waals surface area contributed by atoms with E-state index in [1.165, 1.54) is 0 Å². The minimum atomic E-state index is -0.408. The van der Waals surface area contributed by atoms with Gasteiger partial charge >= 0.3 is 0 Å². The lowest BCUT2D eigenvalue weighted by atomic mass is 10.0. The molecule has 0 radical (unpaired) electrons. The van der Waals surface area contributed by atoms with Crippen LogP contribution in [0.2, 0.25) is 5.02 Å². The second-order valence-electron chi connectivity index (χ2n) is 3.70. The third-order valence-corrected chi connectivity index (χ3v) is 2.94. The molecule has 4 heteroatoms. The van der Waals surface area contributed by atoms with Crippen molar-refractivity contribution in [3.63, 3.8) is 0 Å². The normalized spacial score (nSPS) is 22.1. The van der Waals surface area contributed by atoms with Crippen LogP contribution in [0.5, 0.6) is 0 Å². The average molecular weight is 248 g/mol. The van der Waals surface area contributed by atoms with Gasteiger partial charge in [-0.05, 0) is 37.1 Å². The Kier molecular flexibility index (Phi) is 4.87. The van der Waals surface area contributed by atoms with Crippen LogP contribution in [0, 0.1) is 0 Å². The van der Waals surface area contributed by atoms with E-state index in [0.717, 1.165) is 24.9 Å². The van der Waals surface area contributed by atoms with Crippen LogP contribution in [-0.2, 0) is 0 Å². The van der Waals surface area contributed by atoms with Crippen molar-refractivity contribution in [2.75, 3.05) is 6.54 Å². The van der Waals surface area contributed by atoms with Gasteiger partial charge in [-0.1, -0.05) is 23.7 Å². The van der Waals surface area contributed by atoms with Crippen molar-refractivity contribution in [1.82, 2.24) is 5.32 Å². The molecule has 1 heterocycles. The molecule has 0 bridgehead atoms. The van der Waals surface area contributed by atoms with Crippen LogP contribution in [0.3, 0.4) is 0 Å². The number of hydrogen-bond acceptors (Lipinski definition) is 2. The fourth-order valence-corrected chi connectivity index (χ4v) is 2.00. The summed E-state index contributed by atoms with van der Waals surface area (Å²) in [5.41, 5.74) is 0.939. The number of nitrogens with one attached hydrogen (secondary N) is 1. The molecule has 2 N–H and O–H groups in total. The topological polar surface area (TPSA) is 32.3 Å². The zero-order valence-corrected chi connectivity index (χ0v) is 9.89. The van der Waals surface area contributed by atoms with E-state index in [-0.39, 0.29) is 18.4 Å². The Hall–Kier alpha value is -0.280. The van der Waals surface area contributed by atoms with Crippen LogP contribution in [0.15, 0.2) is 24.3 Å². The molecule has 1 aliphatic heterocycles. The summed E-state index contributed by atoms with van der Waals surface area (Å²) < 4.78 is 0. The molecule has 2 nitrogen and oxygen atoms in total. The van der Waals surface area contributed by atoms with E-state index in [2.05, 4.69) is 5.32 Å². The minimum absolute atomic E-state index is 0. The van der Waals surface area contributed by atoms with Crippen molar-refractivity contribution >= 4 is 24.0 Å². The van der Waals surface area contributed by atoms with E-state index in [4.69, 9.17) is 11.6 Å². The Morgan fingerprint density at radius 3 is 2.53 bits per heavy atom. The van der Waals surface area contributed by atoms with Gasteiger partial charge in [0.2, 0.25) is 0 Å². The molecule has 0 aromatic heterocycles. The molecule has 2 atom stereocenters. The summed E-state index contributed by atoms with van der Waals surface area (Å²) >= 11 is 5.78. The van der Waals surface area contributed by atoms with Crippen molar-refractivity contribution in [2.45, 2.75) is 25.0 Å². The lowest BCUT2D eigenvalue weighted by Crippen LogP contribution is -2.28. The van der Waals surface area contributed by atoms with Gasteiger partial charge in [0.25, 0.3) is 0 Å². The van der Waals surface area contributed by atoms with Gasteiger partial charge in [-0.3, -0.25) is 0 Å². The number of rotatable bonds is 2. The second kappa shape index (κ2) is 5.71. The predicted molar refractivity (Wildman–Crippen MR) is 64.7 cm³/mol. The maximum absolute atomic E-state index is 10.0. The van der Waals surface area contributed by atoms with Crippen molar-refractivity contribution < 1.29 is 5.11 Å². The summed E-state index contributed by atoms with van der Waals surface area (Å²) in [6.45, 7) is 1.01. The maximum atomic E-state index is 10.0. The van der Waals surface area contributed by atoms with E-state index in [0.29, 0.717) is 5.02 Å². The highest BCUT2D eigenvalue weighted by Gasteiger charge is 2.23. The Bertz CT molecular complexity index is 296. The number of aliphatic hydroxyl groups is 1. The Labute approximate surface area is 101 Å². The molecule has 0 aliphatic carbocycles. The van der Waals surface area contributed by atoms with Crippen molar-refractivity contribution in [3.05, 3.63) is 34.9 Å². The molecule has 1 fully saturated rings. The molecular formula is C11H15Cl2NO. The molecule has 0 amide bonds. The van der Waals surface area contributed by atoms with Gasteiger partial charge in [0.1, 0.15) is 0 Å². The van der Waals surface area contributed by atoms with Crippen LogP contribution < -0.4 is 5.32 Å². The van der Waals surface area contributed by atoms with E-state index in [1.54, 1.807) is 0 Å². The molecule has 1 aromatic carbocycles. The molecule has 2 rings (SSSR count). The van der Waals surface area contributed by atoms with Crippen LogP contribution >= 0.6 is 24.0 Å². The maximum Gasteiger partial charge on any atom is 0.0942 e. The second-order valence-corrected chi connectivity index (χ2v) is 4.14. The average Bonchev–Trinajstić information content (AvgIpc) is 2.71. The quantitative estimate of drug-likeness (QED) is 0.843. The summed E-state index contributed by atoms with van der Waals surface area (Å²) in [6.07, 6.45) is 1.79. The highest BCUT2D eigenvalue weighted by Crippen LogP contribution is 2.23. The SMILES string of the molecule is Cl.O[C@@H](c1ccc(Cl)cc1)[C@@H]1CCCN1. The zero-order valence-electron chi connectivity index (χ0n) is 8.32. The van der Waals surface area contributed by atoms with Crippen LogP contribution in [-0.4, -0.2) is 17.7 Å². The largest absolute Gasteiger partial charge is 0.387 e. The number of hydrogen-bond donors (Lipinski definition) is 2. The van der Waals surface area contributed by atoms with Crippen LogP contribution in [0.25, 0.3) is 0 Å². The molecule has 0 unspecified atom stereocenters. The van der Waals surface area contributed by atoms with E-state index in [1.807, 2.05) is 24.3 Å². The van der Waals surface area contributed by atoms with Gasteiger partial charge < -0.3 is 10.4 Å². The van der Waals surface area contributed by atoms with E-state index >= 15 is 0 Å². The van der Waals surface area contributed by atoms with E-state index in [9.17, 15) is 5.11 Å². The molecule has 0 spiro atoms. The molecule has 1 aliphatic rings. The zero-order chi connectivity index (χ0) is 9.97. The van der Waals surface area contributed by atoms with Crippen LogP contribution in [0.4, 0.5) is 0 Å². The summed E-state index contributed by atoms with van der Waals surface area (Å²) in [7, 11) is 0. The van der Waals surface area contributed by atoms with Gasteiger partial charge in [-0.15, -0.1) is 12.4 Å². The summed E-state index contributed by atoms with van der Waals surface area (Å²) in [6, 6.07) is 7.60.